The summed E-state index contributed by atoms with van der Waals surface area (Å²) in [4.78, 5) is 5.44. The first-order valence-corrected chi connectivity index (χ1v) is 6.40. The number of oxime groups is 1. The second kappa shape index (κ2) is 4.01. The molecule has 3 nitrogen and oxygen atoms in total. The highest BCUT2D eigenvalue weighted by Gasteiger charge is 2.38. The van der Waals surface area contributed by atoms with E-state index in [4.69, 9.17) is 9.57 Å². The van der Waals surface area contributed by atoms with Gasteiger partial charge in [0.2, 0.25) is 0 Å². The lowest BCUT2D eigenvalue weighted by molar-refractivity contribution is 0.0922. The van der Waals surface area contributed by atoms with Gasteiger partial charge in [0.1, 0.15) is 11.9 Å². The molecule has 1 unspecified atom stereocenters. The van der Waals surface area contributed by atoms with Crippen LogP contribution in [-0.4, -0.2) is 29.9 Å². The third-order valence-electron chi connectivity index (χ3n) is 2.89. The topological polar surface area (TPSA) is 30.8 Å². The summed E-state index contributed by atoms with van der Waals surface area (Å²) in [6.07, 6.45) is 1.23. The summed E-state index contributed by atoms with van der Waals surface area (Å²) in [5.74, 6) is 2.09. The van der Waals surface area contributed by atoms with Crippen molar-refractivity contribution in [3.05, 3.63) is 29.8 Å². The van der Waals surface area contributed by atoms with Gasteiger partial charge in [0.05, 0.1) is 18.1 Å². The summed E-state index contributed by atoms with van der Waals surface area (Å²) in [7, 11) is 1.67. The Labute approximate surface area is 98.8 Å². The average Bonchev–Trinajstić information content (AvgIpc) is 3.08. The molecule has 0 N–H and O–H groups in total. The molecule has 16 heavy (non-hydrogen) atoms. The van der Waals surface area contributed by atoms with E-state index in [0.717, 1.165) is 23.4 Å². The highest BCUT2D eigenvalue weighted by atomic mass is 32.2. The monoisotopic (exact) mass is 235 g/mol. The molecule has 0 amide bonds. The minimum atomic E-state index is 0.294. The first-order chi connectivity index (χ1) is 7.86. The van der Waals surface area contributed by atoms with E-state index < -0.39 is 0 Å². The van der Waals surface area contributed by atoms with Crippen LogP contribution in [-0.2, 0) is 4.84 Å². The number of hydrogen-bond donors (Lipinski definition) is 0. The van der Waals surface area contributed by atoms with Crippen molar-refractivity contribution in [3.63, 3.8) is 0 Å². The SMILES string of the molecule is COc1ccc(C2=NOC([C@@H]3CS3)C2)cc1. The molecule has 0 radical (unpaired) electrons. The van der Waals surface area contributed by atoms with E-state index in [1.54, 1.807) is 7.11 Å². The van der Waals surface area contributed by atoms with Crippen molar-refractivity contribution in [1.82, 2.24) is 0 Å². The van der Waals surface area contributed by atoms with Crippen molar-refractivity contribution in [1.29, 1.82) is 0 Å². The lowest BCUT2D eigenvalue weighted by Gasteiger charge is -2.03. The van der Waals surface area contributed by atoms with E-state index in [-0.39, 0.29) is 0 Å². The fourth-order valence-corrected chi connectivity index (χ4v) is 2.51. The minimum Gasteiger partial charge on any atom is -0.497 e. The number of ether oxygens (including phenoxy) is 1. The van der Waals surface area contributed by atoms with Gasteiger partial charge in [-0.1, -0.05) is 5.16 Å². The van der Waals surface area contributed by atoms with Crippen molar-refractivity contribution in [2.45, 2.75) is 17.8 Å². The summed E-state index contributed by atoms with van der Waals surface area (Å²) in [6, 6.07) is 7.97. The largest absolute Gasteiger partial charge is 0.497 e. The number of nitrogens with zero attached hydrogens (tertiary/aromatic N) is 1. The van der Waals surface area contributed by atoms with Crippen LogP contribution in [0.1, 0.15) is 12.0 Å². The Balaban J connectivity index is 1.72. The zero-order chi connectivity index (χ0) is 11.0. The highest BCUT2D eigenvalue weighted by molar-refractivity contribution is 8.06. The van der Waals surface area contributed by atoms with Gasteiger partial charge in [0.25, 0.3) is 0 Å². The molecule has 2 heterocycles. The van der Waals surface area contributed by atoms with Gasteiger partial charge in [0.15, 0.2) is 0 Å². The highest BCUT2D eigenvalue weighted by Crippen LogP contribution is 2.38. The van der Waals surface area contributed by atoms with Crippen LogP contribution in [0.15, 0.2) is 29.4 Å². The Kier molecular flexibility index (Phi) is 2.52. The maximum atomic E-state index is 5.44. The second-order valence-corrected chi connectivity index (χ2v) is 5.26. The van der Waals surface area contributed by atoms with Crippen LogP contribution < -0.4 is 4.74 Å². The normalized spacial score (nSPS) is 27.2. The Morgan fingerprint density at radius 2 is 2.12 bits per heavy atom. The van der Waals surface area contributed by atoms with Crippen molar-refractivity contribution < 1.29 is 9.57 Å². The molecule has 2 aliphatic heterocycles. The average molecular weight is 235 g/mol. The van der Waals surface area contributed by atoms with Gasteiger partial charge >= 0.3 is 0 Å². The van der Waals surface area contributed by atoms with E-state index in [2.05, 4.69) is 5.16 Å². The van der Waals surface area contributed by atoms with Gasteiger partial charge in [-0.2, -0.15) is 11.8 Å². The van der Waals surface area contributed by atoms with E-state index in [1.807, 2.05) is 36.0 Å². The lowest BCUT2D eigenvalue weighted by atomic mass is 10.0. The predicted octanol–water partition coefficient (Wildman–Crippen LogP) is 2.30. The van der Waals surface area contributed by atoms with E-state index in [0.29, 0.717) is 11.4 Å². The molecule has 4 heteroatoms. The zero-order valence-corrected chi connectivity index (χ0v) is 9.87. The molecule has 0 aromatic heterocycles. The fraction of sp³-hybridized carbons (Fsp3) is 0.417. The number of rotatable bonds is 3. The van der Waals surface area contributed by atoms with Crippen LogP contribution in [0, 0.1) is 0 Å². The number of hydrogen-bond acceptors (Lipinski definition) is 4. The number of methoxy groups -OCH3 is 1. The Morgan fingerprint density at radius 1 is 1.38 bits per heavy atom. The maximum Gasteiger partial charge on any atom is 0.145 e. The summed E-state index contributed by atoms with van der Waals surface area (Å²) >= 11 is 1.95. The van der Waals surface area contributed by atoms with Crippen molar-refractivity contribution >= 4 is 17.5 Å². The first kappa shape index (κ1) is 10.0. The molecule has 1 saturated heterocycles. The van der Waals surface area contributed by atoms with Crippen molar-refractivity contribution in [2.24, 2.45) is 5.16 Å². The van der Waals surface area contributed by atoms with Crippen LogP contribution in [0.2, 0.25) is 0 Å². The molecule has 2 aliphatic rings. The molecular formula is C12H13NO2S. The van der Waals surface area contributed by atoms with Crippen LogP contribution in [0.5, 0.6) is 5.75 Å². The third kappa shape index (κ3) is 1.89. The number of benzene rings is 1. The van der Waals surface area contributed by atoms with Crippen molar-refractivity contribution in [2.75, 3.05) is 12.9 Å². The van der Waals surface area contributed by atoms with E-state index in [1.165, 1.54) is 5.75 Å². The van der Waals surface area contributed by atoms with Crippen molar-refractivity contribution in [3.8, 4) is 5.75 Å². The van der Waals surface area contributed by atoms with Crippen LogP contribution >= 0.6 is 11.8 Å². The van der Waals surface area contributed by atoms with E-state index >= 15 is 0 Å². The Hall–Kier alpha value is -1.16. The third-order valence-corrected chi connectivity index (χ3v) is 3.91. The van der Waals surface area contributed by atoms with Crippen LogP contribution in [0.3, 0.4) is 0 Å². The molecule has 3 rings (SSSR count). The lowest BCUT2D eigenvalue weighted by Crippen LogP contribution is -2.14. The molecule has 1 aromatic rings. The quantitative estimate of drug-likeness (QED) is 0.753. The summed E-state index contributed by atoms with van der Waals surface area (Å²) in [6.45, 7) is 0. The van der Waals surface area contributed by atoms with Crippen LogP contribution in [0.25, 0.3) is 0 Å². The van der Waals surface area contributed by atoms with Gasteiger partial charge in [-0.3, -0.25) is 0 Å². The van der Waals surface area contributed by atoms with Gasteiger partial charge in [0, 0.05) is 12.2 Å². The molecule has 1 aromatic carbocycles. The van der Waals surface area contributed by atoms with Gasteiger partial charge in [-0.25, -0.2) is 0 Å². The van der Waals surface area contributed by atoms with Gasteiger partial charge in [-0.05, 0) is 29.8 Å². The second-order valence-electron chi connectivity index (χ2n) is 3.99. The Bertz CT molecular complexity index is 412. The molecule has 2 atom stereocenters. The first-order valence-electron chi connectivity index (χ1n) is 5.35. The summed E-state index contributed by atoms with van der Waals surface area (Å²) < 4.78 is 5.13. The molecule has 0 saturated carbocycles. The fourth-order valence-electron chi connectivity index (χ4n) is 1.82. The van der Waals surface area contributed by atoms with E-state index in [9.17, 15) is 0 Å². The Morgan fingerprint density at radius 3 is 2.75 bits per heavy atom. The zero-order valence-electron chi connectivity index (χ0n) is 9.05. The van der Waals surface area contributed by atoms with Gasteiger partial charge < -0.3 is 9.57 Å². The van der Waals surface area contributed by atoms with Gasteiger partial charge in [-0.15, -0.1) is 0 Å². The maximum absolute atomic E-state index is 5.44. The smallest absolute Gasteiger partial charge is 0.145 e. The molecular weight excluding hydrogens is 222 g/mol. The standard InChI is InChI=1S/C12H13NO2S/c1-14-9-4-2-8(3-5-9)10-6-11(15-13-10)12-7-16-12/h2-5,11-12H,6-7H2,1H3/t11?,12-/m0/s1. The molecule has 0 aliphatic carbocycles. The van der Waals surface area contributed by atoms with Crippen LogP contribution in [0.4, 0.5) is 0 Å². The minimum absolute atomic E-state index is 0.294. The molecule has 84 valence electrons. The predicted molar refractivity (Wildman–Crippen MR) is 65.3 cm³/mol. The molecule has 0 spiro atoms. The molecule has 0 bridgehead atoms. The summed E-state index contributed by atoms with van der Waals surface area (Å²) in [5, 5.41) is 4.83. The summed E-state index contributed by atoms with van der Waals surface area (Å²) in [5.41, 5.74) is 2.19. The molecule has 1 fully saturated rings. The number of thioether (sulfide) groups is 1.